The molecule has 0 bridgehead atoms. The summed E-state index contributed by atoms with van der Waals surface area (Å²) < 4.78 is 7.31. The van der Waals surface area contributed by atoms with Crippen LogP contribution < -0.4 is 5.73 Å². The quantitative estimate of drug-likeness (QED) is 0.585. The molecule has 0 radical (unpaired) electrons. The lowest BCUT2D eigenvalue weighted by Crippen LogP contribution is -1.87. The van der Waals surface area contributed by atoms with Crippen LogP contribution in [0, 0.1) is 6.92 Å². The highest BCUT2D eigenvalue weighted by molar-refractivity contribution is 5.83. The van der Waals surface area contributed by atoms with Crippen LogP contribution in [-0.4, -0.2) is 9.38 Å². The van der Waals surface area contributed by atoms with Crippen molar-refractivity contribution in [3.63, 3.8) is 0 Å². The lowest BCUT2D eigenvalue weighted by Gasteiger charge is -1.93. The molecule has 70 valence electrons. The number of pyridine rings is 1. The van der Waals surface area contributed by atoms with Crippen molar-refractivity contribution in [2.45, 2.75) is 6.92 Å². The minimum Gasteiger partial charge on any atom is -0.421 e. The van der Waals surface area contributed by atoms with Crippen LogP contribution in [0.4, 0.5) is 5.88 Å². The Morgan fingerprint density at radius 3 is 3.14 bits per heavy atom. The molecule has 0 aliphatic rings. The highest BCUT2D eigenvalue weighted by Gasteiger charge is 2.13. The fourth-order valence-electron chi connectivity index (χ4n) is 1.68. The molecule has 3 heterocycles. The van der Waals surface area contributed by atoms with Gasteiger partial charge in [-0.1, -0.05) is 6.07 Å². The van der Waals surface area contributed by atoms with E-state index in [0.29, 0.717) is 11.6 Å². The molecule has 3 aromatic rings. The van der Waals surface area contributed by atoms with Gasteiger partial charge in [0.25, 0.3) is 0 Å². The second-order valence-electron chi connectivity index (χ2n) is 3.29. The van der Waals surface area contributed by atoms with Crippen LogP contribution in [0.25, 0.3) is 16.9 Å². The number of furan rings is 1. The number of nitrogens with zero attached hydrogens (tertiary/aromatic N) is 2. The molecule has 4 nitrogen and oxygen atoms in total. The first-order chi connectivity index (χ1) is 6.77. The number of aryl methyl sites for hydroxylation is 1. The van der Waals surface area contributed by atoms with Crippen molar-refractivity contribution in [3.8, 4) is 0 Å². The Hall–Kier alpha value is -1.97. The Morgan fingerprint density at radius 2 is 2.29 bits per heavy atom. The molecule has 0 fully saturated rings. The maximum atomic E-state index is 5.67. The summed E-state index contributed by atoms with van der Waals surface area (Å²) in [6.45, 7) is 1.93. The van der Waals surface area contributed by atoms with E-state index in [1.54, 1.807) is 0 Å². The fourth-order valence-corrected chi connectivity index (χ4v) is 1.68. The van der Waals surface area contributed by atoms with E-state index in [1.165, 1.54) is 0 Å². The number of fused-ring (bicyclic) bond motifs is 3. The number of nitrogens with two attached hydrogens (primary N) is 1. The van der Waals surface area contributed by atoms with Crippen molar-refractivity contribution in [1.82, 2.24) is 9.38 Å². The first kappa shape index (κ1) is 7.44. The Morgan fingerprint density at radius 1 is 1.43 bits per heavy atom. The number of imidazole rings is 1. The highest BCUT2D eigenvalue weighted by atomic mass is 16.4. The molecule has 0 aliphatic carbocycles. The minimum atomic E-state index is 0.445. The molecule has 0 spiro atoms. The number of hydrogen-bond donors (Lipinski definition) is 1. The van der Waals surface area contributed by atoms with Gasteiger partial charge in [-0.2, -0.15) is 4.98 Å². The van der Waals surface area contributed by atoms with Gasteiger partial charge in [-0.3, -0.25) is 4.40 Å². The second-order valence-corrected chi connectivity index (χ2v) is 3.29. The normalized spacial score (nSPS) is 11.5. The third kappa shape index (κ3) is 0.750. The summed E-state index contributed by atoms with van der Waals surface area (Å²) in [5.74, 6) is 0.445. The van der Waals surface area contributed by atoms with Crippen LogP contribution in [0.5, 0.6) is 0 Å². The number of nitrogen functional groups attached to an aromatic ring is 1. The molecule has 0 saturated carbocycles. The summed E-state index contributed by atoms with van der Waals surface area (Å²) in [5, 5.41) is 0. The molecule has 0 atom stereocenters. The van der Waals surface area contributed by atoms with Crippen molar-refractivity contribution < 1.29 is 4.42 Å². The first-order valence-electron chi connectivity index (χ1n) is 4.39. The lowest BCUT2D eigenvalue weighted by atomic mass is 10.3. The van der Waals surface area contributed by atoms with Crippen LogP contribution in [0.1, 0.15) is 5.56 Å². The molecule has 0 saturated heterocycles. The van der Waals surface area contributed by atoms with E-state index in [0.717, 1.165) is 16.7 Å². The maximum Gasteiger partial charge on any atom is 0.247 e. The summed E-state index contributed by atoms with van der Waals surface area (Å²) >= 11 is 0. The fraction of sp³-hybridized carbons (Fsp3) is 0.100. The predicted molar refractivity (Wildman–Crippen MR) is 54.1 cm³/mol. The zero-order valence-electron chi connectivity index (χ0n) is 7.69. The third-order valence-electron chi connectivity index (χ3n) is 2.43. The molecular weight excluding hydrogens is 178 g/mol. The van der Waals surface area contributed by atoms with Crippen molar-refractivity contribution >= 4 is 22.8 Å². The average molecular weight is 187 g/mol. The number of rotatable bonds is 0. The van der Waals surface area contributed by atoms with Gasteiger partial charge in [-0.15, -0.1) is 0 Å². The van der Waals surface area contributed by atoms with E-state index in [-0.39, 0.29) is 0 Å². The standard InChI is InChI=1S/C10H9N3O/c1-6-8-10(14-9(6)11)12-7-4-2-3-5-13(7)8/h2-5H,11H2,1H3. The van der Waals surface area contributed by atoms with Gasteiger partial charge in [0.05, 0.1) is 0 Å². The van der Waals surface area contributed by atoms with E-state index in [4.69, 9.17) is 10.2 Å². The molecule has 14 heavy (non-hydrogen) atoms. The van der Waals surface area contributed by atoms with Gasteiger partial charge in [0.1, 0.15) is 11.2 Å². The Balaban J connectivity index is 2.62. The molecule has 3 rings (SSSR count). The van der Waals surface area contributed by atoms with Gasteiger partial charge in [-0.25, -0.2) is 0 Å². The minimum absolute atomic E-state index is 0.445. The first-order valence-corrected chi connectivity index (χ1v) is 4.39. The van der Waals surface area contributed by atoms with Gasteiger partial charge < -0.3 is 10.2 Å². The summed E-state index contributed by atoms with van der Waals surface area (Å²) in [7, 11) is 0. The van der Waals surface area contributed by atoms with Crippen molar-refractivity contribution in [2.24, 2.45) is 0 Å². The van der Waals surface area contributed by atoms with E-state index in [1.807, 2.05) is 35.7 Å². The molecule has 0 aromatic carbocycles. The van der Waals surface area contributed by atoms with Gasteiger partial charge in [0.2, 0.25) is 5.71 Å². The van der Waals surface area contributed by atoms with Crippen molar-refractivity contribution in [2.75, 3.05) is 5.73 Å². The van der Waals surface area contributed by atoms with Gasteiger partial charge in [-0.05, 0) is 19.1 Å². The third-order valence-corrected chi connectivity index (χ3v) is 2.43. The number of hydrogen-bond acceptors (Lipinski definition) is 3. The number of anilines is 1. The Labute approximate surface area is 80.0 Å². The number of aromatic nitrogens is 2. The topological polar surface area (TPSA) is 56.5 Å². The van der Waals surface area contributed by atoms with Crippen LogP contribution in [0.15, 0.2) is 28.8 Å². The molecule has 2 N–H and O–H groups in total. The van der Waals surface area contributed by atoms with Crippen molar-refractivity contribution in [3.05, 3.63) is 30.0 Å². The van der Waals surface area contributed by atoms with Crippen LogP contribution in [0.3, 0.4) is 0 Å². The lowest BCUT2D eigenvalue weighted by molar-refractivity contribution is 0.624. The van der Waals surface area contributed by atoms with Gasteiger partial charge >= 0.3 is 0 Å². The molecule has 0 unspecified atom stereocenters. The van der Waals surface area contributed by atoms with Crippen LogP contribution >= 0.6 is 0 Å². The maximum absolute atomic E-state index is 5.67. The molecule has 3 aromatic heterocycles. The van der Waals surface area contributed by atoms with Crippen LogP contribution in [-0.2, 0) is 0 Å². The second kappa shape index (κ2) is 2.29. The Kier molecular flexibility index (Phi) is 1.21. The van der Waals surface area contributed by atoms with E-state index in [2.05, 4.69) is 4.98 Å². The van der Waals surface area contributed by atoms with Crippen LogP contribution in [0.2, 0.25) is 0 Å². The predicted octanol–water partition coefficient (Wildman–Crippen LogP) is 1.97. The summed E-state index contributed by atoms with van der Waals surface area (Å²) in [4.78, 5) is 4.31. The van der Waals surface area contributed by atoms with E-state index < -0.39 is 0 Å². The zero-order valence-corrected chi connectivity index (χ0v) is 7.69. The smallest absolute Gasteiger partial charge is 0.247 e. The zero-order chi connectivity index (χ0) is 9.71. The molecule has 4 heteroatoms. The highest BCUT2D eigenvalue weighted by Crippen LogP contribution is 2.27. The van der Waals surface area contributed by atoms with E-state index in [9.17, 15) is 0 Å². The SMILES string of the molecule is Cc1c(N)oc2nc3ccccn3c12. The molecule has 0 amide bonds. The van der Waals surface area contributed by atoms with E-state index >= 15 is 0 Å². The monoisotopic (exact) mass is 187 g/mol. The largest absolute Gasteiger partial charge is 0.421 e. The Bertz CT molecular complexity index is 621. The van der Waals surface area contributed by atoms with Gasteiger partial charge in [0.15, 0.2) is 5.88 Å². The molecule has 0 aliphatic heterocycles. The average Bonchev–Trinajstić information content (AvgIpc) is 2.65. The summed E-state index contributed by atoms with van der Waals surface area (Å²) in [6.07, 6.45) is 1.95. The molecular formula is C10H9N3O. The summed E-state index contributed by atoms with van der Waals surface area (Å²) in [5.41, 5.74) is 9.05. The van der Waals surface area contributed by atoms with Crippen molar-refractivity contribution in [1.29, 1.82) is 0 Å². The van der Waals surface area contributed by atoms with Gasteiger partial charge in [0, 0.05) is 11.8 Å². The summed E-state index contributed by atoms with van der Waals surface area (Å²) in [6, 6.07) is 5.84.